The van der Waals surface area contributed by atoms with Crippen molar-refractivity contribution < 1.29 is 4.74 Å². The van der Waals surface area contributed by atoms with Gasteiger partial charge in [0.2, 0.25) is 0 Å². The Balaban J connectivity index is 2.52. The average molecular weight is 184 g/mol. The van der Waals surface area contributed by atoms with Crippen LogP contribution < -0.4 is 10.5 Å². The zero-order chi connectivity index (χ0) is 8.81. The van der Waals surface area contributed by atoms with Crippen LogP contribution in [0, 0.1) is 0 Å². The Morgan fingerprint density at radius 2 is 2.33 bits per heavy atom. The van der Waals surface area contributed by atoms with Crippen molar-refractivity contribution in [2.45, 2.75) is 0 Å². The number of halogens is 1. The summed E-state index contributed by atoms with van der Waals surface area (Å²) >= 11 is 5.31. The van der Waals surface area contributed by atoms with E-state index in [1.807, 2.05) is 18.2 Å². The first-order chi connectivity index (χ1) is 5.83. The quantitative estimate of drug-likeness (QED) is 0.731. The smallest absolute Gasteiger partial charge is 0.121 e. The monoisotopic (exact) mass is 183 g/mol. The molecule has 2 nitrogen and oxygen atoms in total. The topological polar surface area (TPSA) is 35.2 Å². The van der Waals surface area contributed by atoms with E-state index in [1.54, 1.807) is 12.1 Å². The first-order valence-electron chi connectivity index (χ1n) is 3.56. The highest BCUT2D eigenvalue weighted by Gasteiger charge is 1.90. The summed E-state index contributed by atoms with van der Waals surface area (Å²) < 4.78 is 5.28. The molecule has 0 aromatic heterocycles. The molecule has 0 bridgehead atoms. The van der Waals surface area contributed by atoms with Gasteiger partial charge in [0, 0.05) is 17.3 Å². The van der Waals surface area contributed by atoms with Gasteiger partial charge in [0.05, 0.1) is 0 Å². The third-order valence-corrected chi connectivity index (χ3v) is 1.47. The Morgan fingerprint density at radius 3 is 3.00 bits per heavy atom. The Hall–Kier alpha value is -1.15. The van der Waals surface area contributed by atoms with Crippen molar-refractivity contribution in [3.05, 3.63) is 35.9 Å². The SMILES string of the molecule is Nc1cccc(OC/C=C/Cl)c1. The van der Waals surface area contributed by atoms with Gasteiger partial charge in [-0.05, 0) is 18.2 Å². The molecule has 0 heterocycles. The maximum atomic E-state index is 5.54. The van der Waals surface area contributed by atoms with Crippen LogP contribution in [-0.4, -0.2) is 6.61 Å². The fourth-order valence-corrected chi connectivity index (χ4v) is 0.858. The van der Waals surface area contributed by atoms with E-state index < -0.39 is 0 Å². The van der Waals surface area contributed by atoms with Gasteiger partial charge in [-0.15, -0.1) is 0 Å². The van der Waals surface area contributed by atoms with Gasteiger partial charge in [-0.1, -0.05) is 17.7 Å². The molecular formula is C9H10ClNO. The second kappa shape index (κ2) is 4.67. The lowest BCUT2D eigenvalue weighted by Gasteiger charge is -2.02. The van der Waals surface area contributed by atoms with Gasteiger partial charge in [0.25, 0.3) is 0 Å². The van der Waals surface area contributed by atoms with Crippen LogP contribution in [0.3, 0.4) is 0 Å². The van der Waals surface area contributed by atoms with Crippen molar-refractivity contribution in [3.8, 4) is 5.75 Å². The van der Waals surface area contributed by atoms with E-state index in [1.165, 1.54) is 5.54 Å². The van der Waals surface area contributed by atoms with Crippen LogP contribution >= 0.6 is 11.6 Å². The number of anilines is 1. The van der Waals surface area contributed by atoms with Crippen LogP contribution in [0.2, 0.25) is 0 Å². The van der Waals surface area contributed by atoms with Crippen LogP contribution in [-0.2, 0) is 0 Å². The van der Waals surface area contributed by atoms with Crippen molar-refractivity contribution in [3.63, 3.8) is 0 Å². The molecule has 64 valence electrons. The molecule has 0 saturated heterocycles. The second-order valence-electron chi connectivity index (χ2n) is 2.25. The first-order valence-corrected chi connectivity index (χ1v) is 4.00. The van der Waals surface area contributed by atoms with Crippen molar-refractivity contribution in [1.29, 1.82) is 0 Å². The minimum absolute atomic E-state index is 0.465. The number of nitrogen functional groups attached to an aromatic ring is 1. The molecular weight excluding hydrogens is 174 g/mol. The zero-order valence-corrected chi connectivity index (χ0v) is 7.29. The van der Waals surface area contributed by atoms with Crippen LogP contribution in [0.25, 0.3) is 0 Å². The molecule has 0 aliphatic heterocycles. The number of benzene rings is 1. The molecule has 1 aromatic carbocycles. The highest BCUT2D eigenvalue weighted by Crippen LogP contribution is 2.13. The molecule has 0 saturated carbocycles. The van der Waals surface area contributed by atoms with E-state index in [2.05, 4.69) is 0 Å². The van der Waals surface area contributed by atoms with E-state index in [0.717, 1.165) is 5.75 Å². The minimum atomic E-state index is 0.465. The number of nitrogens with two attached hydrogens (primary N) is 1. The summed E-state index contributed by atoms with van der Waals surface area (Å²) in [4.78, 5) is 0. The molecule has 0 aliphatic rings. The largest absolute Gasteiger partial charge is 0.489 e. The minimum Gasteiger partial charge on any atom is -0.489 e. The summed E-state index contributed by atoms with van der Waals surface area (Å²) in [6, 6.07) is 7.26. The molecule has 0 fully saturated rings. The van der Waals surface area contributed by atoms with Crippen molar-refractivity contribution in [1.82, 2.24) is 0 Å². The zero-order valence-electron chi connectivity index (χ0n) is 6.53. The van der Waals surface area contributed by atoms with Gasteiger partial charge in [0.1, 0.15) is 12.4 Å². The van der Waals surface area contributed by atoms with E-state index >= 15 is 0 Å². The summed E-state index contributed by atoms with van der Waals surface area (Å²) in [5.41, 5.74) is 7.66. The molecule has 0 unspecified atom stereocenters. The highest BCUT2D eigenvalue weighted by atomic mass is 35.5. The molecule has 0 radical (unpaired) electrons. The lowest BCUT2D eigenvalue weighted by molar-refractivity contribution is 0.363. The van der Waals surface area contributed by atoms with Crippen LogP contribution in [0.5, 0.6) is 5.75 Å². The summed E-state index contributed by atoms with van der Waals surface area (Å²) in [5.74, 6) is 0.754. The predicted molar refractivity (Wildman–Crippen MR) is 51.3 cm³/mol. The number of hydrogen-bond donors (Lipinski definition) is 1. The van der Waals surface area contributed by atoms with E-state index in [0.29, 0.717) is 12.3 Å². The Morgan fingerprint density at radius 1 is 1.50 bits per heavy atom. The lowest BCUT2D eigenvalue weighted by Crippen LogP contribution is -1.93. The number of rotatable bonds is 3. The Labute approximate surface area is 76.6 Å². The normalized spacial score (nSPS) is 10.4. The molecule has 1 rings (SSSR count). The van der Waals surface area contributed by atoms with Gasteiger partial charge in [-0.25, -0.2) is 0 Å². The molecule has 1 aromatic rings. The summed E-state index contributed by atoms with van der Waals surface area (Å²) in [7, 11) is 0. The highest BCUT2D eigenvalue weighted by molar-refractivity contribution is 6.25. The molecule has 0 atom stereocenters. The summed E-state index contributed by atoms with van der Waals surface area (Å²) in [6.45, 7) is 0.465. The van der Waals surface area contributed by atoms with Gasteiger partial charge >= 0.3 is 0 Å². The van der Waals surface area contributed by atoms with Gasteiger partial charge in [-0.3, -0.25) is 0 Å². The molecule has 0 spiro atoms. The average Bonchev–Trinajstić information content (AvgIpc) is 2.05. The van der Waals surface area contributed by atoms with E-state index in [4.69, 9.17) is 22.1 Å². The Bertz CT molecular complexity index is 273. The summed E-state index contributed by atoms with van der Waals surface area (Å²) in [6.07, 6.45) is 1.71. The van der Waals surface area contributed by atoms with Gasteiger partial charge in [0.15, 0.2) is 0 Å². The van der Waals surface area contributed by atoms with Crippen molar-refractivity contribution >= 4 is 17.3 Å². The maximum Gasteiger partial charge on any atom is 0.121 e. The second-order valence-corrected chi connectivity index (χ2v) is 2.50. The first kappa shape index (κ1) is 8.94. The van der Waals surface area contributed by atoms with Gasteiger partial charge < -0.3 is 10.5 Å². The molecule has 0 amide bonds. The molecule has 2 N–H and O–H groups in total. The fourth-order valence-electron chi connectivity index (χ4n) is 0.785. The molecule has 12 heavy (non-hydrogen) atoms. The predicted octanol–water partition coefficient (Wildman–Crippen LogP) is 2.40. The number of ether oxygens (including phenoxy) is 1. The van der Waals surface area contributed by atoms with Crippen LogP contribution in [0.15, 0.2) is 35.9 Å². The van der Waals surface area contributed by atoms with Gasteiger partial charge in [-0.2, -0.15) is 0 Å². The lowest BCUT2D eigenvalue weighted by atomic mass is 10.3. The van der Waals surface area contributed by atoms with Crippen molar-refractivity contribution in [2.75, 3.05) is 12.3 Å². The molecule has 0 aliphatic carbocycles. The standard InChI is InChI=1S/C9H10ClNO/c10-5-2-6-12-9-4-1-3-8(11)7-9/h1-5,7H,6,11H2/b5-2+. The molecule has 3 heteroatoms. The summed E-state index contributed by atoms with van der Waals surface area (Å²) in [5, 5.41) is 0. The third kappa shape index (κ3) is 2.84. The van der Waals surface area contributed by atoms with E-state index in [9.17, 15) is 0 Å². The van der Waals surface area contributed by atoms with Crippen molar-refractivity contribution in [2.24, 2.45) is 0 Å². The Kier molecular flexibility index (Phi) is 3.48. The maximum absolute atomic E-state index is 5.54. The third-order valence-electron chi connectivity index (χ3n) is 1.29. The number of hydrogen-bond acceptors (Lipinski definition) is 2. The van der Waals surface area contributed by atoms with Crippen LogP contribution in [0.4, 0.5) is 5.69 Å². The fraction of sp³-hybridized carbons (Fsp3) is 0.111. The van der Waals surface area contributed by atoms with E-state index in [-0.39, 0.29) is 0 Å². The van der Waals surface area contributed by atoms with Crippen LogP contribution in [0.1, 0.15) is 0 Å².